The summed E-state index contributed by atoms with van der Waals surface area (Å²) in [7, 11) is 0. The molecule has 3 nitrogen and oxygen atoms in total. The highest BCUT2D eigenvalue weighted by Crippen LogP contribution is 2.24. The van der Waals surface area contributed by atoms with Gasteiger partial charge in [-0.2, -0.15) is 0 Å². The van der Waals surface area contributed by atoms with Crippen LogP contribution in [0.1, 0.15) is 19.9 Å². The number of allylic oxidation sites excluding steroid dienone is 2. The standard InChI is InChI=1S/C17H18FN3/c1-12-19-15-10-6-5-9-14(15)17(20-12)21-16(11-18)13-7-3-2-4-8-13/h2-10,14-16H,11H2,1H3,(H,19,20,21)/i14T. The molecule has 1 aromatic carbocycles. The van der Waals surface area contributed by atoms with E-state index in [1.807, 2.05) is 55.5 Å². The van der Waals surface area contributed by atoms with E-state index in [-0.39, 0.29) is 6.04 Å². The molecule has 1 aliphatic carbocycles. The van der Waals surface area contributed by atoms with Crippen molar-refractivity contribution in [2.75, 3.05) is 6.67 Å². The van der Waals surface area contributed by atoms with Crippen LogP contribution >= 0.6 is 0 Å². The highest BCUT2D eigenvalue weighted by Gasteiger charge is 2.28. The van der Waals surface area contributed by atoms with E-state index in [1.165, 1.54) is 0 Å². The summed E-state index contributed by atoms with van der Waals surface area (Å²) in [4.78, 5) is 8.95. The zero-order valence-corrected chi connectivity index (χ0v) is 11.8. The summed E-state index contributed by atoms with van der Waals surface area (Å²) in [6, 6.07) is 8.37. The first-order valence-corrected chi connectivity index (χ1v) is 7.00. The molecule has 1 aromatic rings. The van der Waals surface area contributed by atoms with E-state index in [2.05, 4.69) is 15.3 Å². The molecule has 108 valence electrons. The highest BCUT2D eigenvalue weighted by atomic mass is 19.1. The second-order valence-corrected chi connectivity index (χ2v) is 5.04. The van der Waals surface area contributed by atoms with Gasteiger partial charge in [0, 0.05) is 1.37 Å². The number of benzene rings is 1. The summed E-state index contributed by atoms with van der Waals surface area (Å²) >= 11 is 0. The van der Waals surface area contributed by atoms with Gasteiger partial charge in [-0.1, -0.05) is 54.6 Å². The number of halogens is 1. The van der Waals surface area contributed by atoms with Gasteiger partial charge in [0.1, 0.15) is 18.6 Å². The molecule has 0 bridgehead atoms. The normalized spacial score (nSPS) is 31.1. The molecule has 21 heavy (non-hydrogen) atoms. The van der Waals surface area contributed by atoms with Crippen LogP contribution in [0.25, 0.3) is 0 Å². The second kappa shape index (κ2) is 6.04. The number of nitrogens with zero attached hydrogens (tertiary/aromatic N) is 2. The van der Waals surface area contributed by atoms with Crippen molar-refractivity contribution < 1.29 is 5.76 Å². The number of hydrogen-bond acceptors (Lipinski definition) is 2. The number of aliphatic imine (C=N–C) groups is 2. The lowest BCUT2D eigenvalue weighted by molar-refractivity contribution is 0.436. The van der Waals surface area contributed by atoms with Gasteiger partial charge in [0.2, 0.25) is 0 Å². The molecule has 2 aliphatic rings. The summed E-state index contributed by atoms with van der Waals surface area (Å²) < 4.78 is 22.2. The van der Waals surface area contributed by atoms with Crippen molar-refractivity contribution in [3.8, 4) is 0 Å². The summed E-state index contributed by atoms with van der Waals surface area (Å²) in [6.07, 6.45) is 7.31. The topological polar surface area (TPSA) is 36.8 Å². The molecule has 0 spiro atoms. The van der Waals surface area contributed by atoms with Crippen molar-refractivity contribution in [3.63, 3.8) is 0 Å². The maximum atomic E-state index is 13.5. The fraction of sp³-hybridized carbons (Fsp3) is 0.294. The van der Waals surface area contributed by atoms with E-state index >= 15 is 0 Å². The fourth-order valence-corrected chi connectivity index (χ4v) is 2.48. The summed E-state index contributed by atoms with van der Waals surface area (Å²) in [5.41, 5.74) is 0.801. The van der Waals surface area contributed by atoms with E-state index in [9.17, 15) is 4.39 Å². The van der Waals surface area contributed by atoms with Crippen LogP contribution in [0, 0.1) is 5.89 Å². The van der Waals surface area contributed by atoms with Crippen LogP contribution in [-0.2, 0) is 0 Å². The first-order chi connectivity index (χ1) is 10.6. The molecular weight excluding hydrogens is 265 g/mol. The first kappa shape index (κ1) is 12.5. The second-order valence-electron chi connectivity index (χ2n) is 5.04. The molecule has 3 rings (SSSR count). The van der Waals surface area contributed by atoms with Gasteiger partial charge >= 0.3 is 0 Å². The average Bonchev–Trinajstić information content (AvgIpc) is 2.54. The molecule has 4 heteroatoms. The van der Waals surface area contributed by atoms with Crippen molar-refractivity contribution in [2.45, 2.75) is 19.0 Å². The molecule has 1 heterocycles. The predicted molar refractivity (Wildman–Crippen MR) is 84.4 cm³/mol. The summed E-state index contributed by atoms with van der Waals surface area (Å²) in [6.45, 7) is 1.22. The van der Waals surface area contributed by atoms with Crippen LogP contribution in [0.3, 0.4) is 0 Å². The zero-order valence-electron chi connectivity index (χ0n) is 12.8. The SMILES string of the molecule is [3H]C12C=CC=CC1N=C(C)NC2=NC(CF)c1ccccc1. The van der Waals surface area contributed by atoms with Crippen molar-refractivity contribution in [1.29, 1.82) is 0 Å². The smallest absolute Gasteiger partial charge is 0.116 e. The van der Waals surface area contributed by atoms with Gasteiger partial charge in [-0.15, -0.1) is 0 Å². The molecule has 1 N–H and O–H groups in total. The molecule has 0 amide bonds. The molecule has 3 atom stereocenters. The number of fused-ring (bicyclic) bond motifs is 1. The monoisotopic (exact) mass is 285 g/mol. The van der Waals surface area contributed by atoms with E-state index in [1.54, 1.807) is 6.08 Å². The third-order valence-corrected chi connectivity index (χ3v) is 3.52. The van der Waals surface area contributed by atoms with Gasteiger partial charge < -0.3 is 5.32 Å². The van der Waals surface area contributed by atoms with Crippen molar-refractivity contribution in [1.82, 2.24) is 5.32 Å². The Balaban J connectivity index is 2.00. The van der Waals surface area contributed by atoms with Crippen molar-refractivity contribution in [3.05, 3.63) is 60.2 Å². The maximum Gasteiger partial charge on any atom is 0.116 e. The molecule has 3 unspecified atom stereocenters. The molecule has 0 saturated heterocycles. The van der Waals surface area contributed by atoms with Crippen LogP contribution in [0.5, 0.6) is 0 Å². The molecule has 0 radical (unpaired) electrons. The number of alkyl halides is 1. The highest BCUT2D eigenvalue weighted by molar-refractivity contribution is 6.04. The number of amidine groups is 2. The Morgan fingerprint density at radius 3 is 2.86 bits per heavy atom. The minimum Gasteiger partial charge on any atom is -0.332 e. The molecule has 0 fully saturated rings. The first-order valence-electron chi connectivity index (χ1n) is 7.50. The fourth-order valence-electron chi connectivity index (χ4n) is 2.48. The minimum atomic E-state index is -1.10. The van der Waals surface area contributed by atoms with Crippen LogP contribution in [0.2, 0.25) is 0 Å². The van der Waals surface area contributed by atoms with E-state index < -0.39 is 18.6 Å². The Bertz CT molecular complexity index is 666. The Kier molecular flexibility index (Phi) is 3.60. The third-order valence-electron chi connectivity index (χ3n) is 3.52. The molecule has 1 aliphatic heterocycles. The van der Waals surface area contributed by atoms with Gasteiger partial charge in [-0.05, 0) is 12.5 Å². The maximum absolute atomic E-state index is 13.5. The van der Waals surface area contributed by atoms with E-state index in [0.29, 0.717) is 11.7 Å². The summed E-state index contributed by atoms with van der Waals surface area (Å²) in [5.74, 6) is 0.0329. The minimum absolute atomic E-state index is 0.325. The Labute approximate surface area is 125 Å². The lowest BCUT2D eigenvalue weighted by Crippen LogP contribution is -2.44. The van der Waals surface area contributed by atoms with Crippen molar-refractivity contribution in [2.24, 2.45) is 15.9 Å². The average molecular weight is 285 g/mol. The van der Waals surface area contributed by atoms with Crippen LogP contribution in [0.15, 0.2) is 64.6 Å². The molecule has 0 aromatic heterocycles. The lowest BCUT2D eigenvalue weighted by Gasteiger charge is -2.29. The number of nitrogens with one attached hydrogen (secondary N) is 1. The molecule has 0 saturated carbocycles. The van der Waals surface area contributed by atoms with Crippen LogP contribution < -0.4 is 5.32 Å². The predicted octanol–water partition coefficient (Wildman–Crippen LogP) is 3.23. The van der Waals surface area contributed by atoms with E-state index in [0.717, 1.165) is 5.56 Å². The van der Waals surface area contributed by atoms with Gasteiger partial charge in [0.15, 0.2) is 0 Å². The van der Waals surface area contributed by atoms with Gasteiger partial charge in [0.05, 0.1) is 17.8 Å². The molecular formula is C17H18FN3. The zero-order chi connectivity index (χ0) is 15.6. The lowest BCUT2D eigenvalue weighted by atomic mass is 9.92. The Morgan fingerprint density at radius 1 is 1.33 bits per heavy atom. The van der Waals surface area contributed by atoms with Crippen LogP contribution in [0.4, 0.5) is 4.39 Å². The van der Waals surface area contributed by atoms with Gasteiger partial charge in [-0.25, -0.2) is 4.39 Å². The Hall–Kier alpha value is -2.23. The number of rotatable bonds is 3. The van der Waals surface area contributed by atoms with Crippen LogP contribution in [-0.4, -0.2) is 24.4 Å². The van der Waals surface area contributed by atoms with Crippen molar-refractivity contribution >= 4 is 11.7 Å². The largest absolute Gasteiger partial charge is 0.332 e. The van der Waals surface area contributed by atoms with Gasteiger partial charge in [0.25, 0.3) is 0 Å². The number of hydrogen-bond donors (Lipinski definition) is 1. The third kappa shape index (κ3) is 2.94. The quantitative estimate of drug-likeness (QED) is 0.909. The summed E-state index contributed by atoms with van der Waals surface area (Å²) in [5, 5.41) is 3.05. The van der Waals surface area contributed by atoms with E-state index in [4.69, 9.17) is 1.37 Å². The van der Waals surface area contributed by atoms with Gasteiger partial charge in [-0.3, -0.25) is 9.98 Å². The Morgan fingerprint density at radius 2 is 2.10 bits per heavy atom.